The number of aromatic amines is 1. The number of anilines is 1. The van der Waals surface area contributed by atoms with Crippen molar-refractivity contribution < 1.29 is 8.78 Å². The Balaban J connectivity index is 2.22. The van der Waals surface area contributed by atoms with E-state index in [1.54, 1.807) is 12.3 Å². The fourth-order valence-corrected chi connectivity index (χ4v) is 1.77. The van der Waals surface area contributed by atoms with Crippen LogP contribution in [0.15, 0.2) is 30.6 Å². The molecule has 0 saturated carbocycles. The quantitative estimate of drug-likeness (QED) is 0.693. The van der Waals surface area contributed by atoms with Crippen LogP contribution < -0.4 is 5.73 Å². The number of hydrogen-bond acceptors (Lipinski definition) is 3. The van der Waals surface area contributed by atoms with Gasteiger partial charge in [0, 0.05) is 24.0 Å². The second-order valence-corrected chi connectivity index (χ2v) is 3.88. The van der Waals surface area contributed by atoms with Gasteiger partial charge in [-0.2, -0.15) is 0 Å². The largest absolute Gasteiger partial charge is 0.397 e. The van der Waals surface area contributed by atoms with E-state index in [1.807, 2.05) is 0 Å². The van der Waals surface area contributed by atoms with Gasteiger partial charge in [0.15, 0.2) is 5.82 Å². The van der Waals surface area contributed by atoms with Crippen molar-refractivity contribution in [2.75, 3.05) is 5.73 Å². The molecule has 0 amide bonds. The number of rotatable bonds is 1. The van der Waals surface area contributed by atoms with E-state index in [1.165, 1.54) is 12.3 Å². The zero-order valence-corrected chi connectivity index (χ0v) is 9.11. The van der Waals surface area contributed by atoms with Gasteiger partial charge in [-0.05, 0) is 12.1 Å². The Bertz CT molecular complexity index is 736. The van der Waals surface area contributed by atoms with Gasteiger partial charge in [-0.15, -0.1) is 0 Å². The summed E-state index contributed by atoms with van der Waals surface area (Å²) in [5, 5.41) is 0. The average Bonchev–Trinajstić information content (AvgIpc) is 2.73. The fourth-order valence-electron chi connectivity index (χ4n) is 1.77. The lowest BCUT2D eigenvalue weighted by Crippen LogP contribution is -1.88. The molecule has 4 nitrogen and oxygen atoms in total. The zero-order valence-electron chi connectivity index (χ0n) is 9.11. The van der Waals surface area contributed by atoms with E-state index in [2.05, 4.69) is 15.0 Å². The number of pyridine rings is 1. The Labute approximate surface area is 100 Å². The number of H-pyrrole nitrogens is 1. The van der Waals surface area contributed by atoms with Crippen LogP contribution in [0.2, 0.25) is 0 Å². The predicted octanol–water partition coefficient (Wildman–Crippen LogP) is 2.49. The molecule has 2 aromatic heterocycles. The third-order valence-corrected chi connectivity index (χ3v) is 2.54. The van der Waals surface area contributed by atoms with Crippen molar-refractivity contribution in [1.29, 1.82) is 0 Å². The molecule has 6 heteroatoms. The van der Waals surface area contributed by atoms with Crippen molar-refractivity contribution >= 4 is 16.7 Å². The number of benzene rings is 1. The highest BCUT2D eigenvalue weighted by Gasteiger charge is 2.11. The van der Waals surface area contributed by atoms with Crippen molar-refractivity contribution in [2.24, 2.45) is 0 Å². The second-order valence-electron chi connectivity index (χ2n) is 3.88. The summed E-state index contributed by atoms with van der Waals surface area (Å²) in [5.41, 5.74) is 7.08. The van der Waals surface area contributed by atoms with E-state index in [9.17, 15) is 8.78 Å². The third-order valence-electron chi connectivity index (χ3n) is 2.54. The molecule has 0 aliphatic carbocycles. The maximum absolute atomic E-state index is 13.5. The Morgan fingerprint density at radius 1 is 1.11 bits per heavy atom. The molecule has 0 atom stereocenters. The molecule has 1 aromatic carbocycles. The highest BCUT2D eigenvalue weighted by atomic mass is 19.1. The van der Waals surface area contributed by atoms with E-state index < -0.39 is 11.6 Å². The van der Waals surface area contributed by atoms with Crippen LogP contribution in [0.5, 0.6) is 0 Å². The minimum Gasteiger partial charge on any atom is -0.397 e. The second kappa shape index (κ2) is 3.76. The Morgan fingerprint density at radius 3 is 2.72 bits per heavy atom. The van der Waals surface area contributed by atoms with Crippen molar-refractivity contribution in [2.45, 2.75) is 0 Å². The number of fused-ring (bicyclic) bond motifs is 1. The summed E-state index contributed by atoms with van der Waals surface area (Å²) >= 11 is 0. The topological polar surface area (TPSA) is 67.6 Å². The Morgan fingerprint density at radius 2 is 1.94 bits per heavy atom. The lowest BCUT2D eigenvalue weighted by atomic mass is 10.2. The van der Waals surface area contributed by atoms with Crippen LogP contribution in [0.25, 0.3) is 22.4 Å². The molecule has 18 heavy (non-hydrogen) atoms. The number of nitrogens with two attached hydrogens (primary N) is 1. The van der Waals surface area contributed by atoms with E-state index in [0.717, 1.165) is 6.07 Å². The SMILES string of the molecule is Nc1cncc(-c2nc3c(F)cc(F)cc3[nH]2)c1. The van der Waals surface area contributed by atoms with Crippen molar-refractivity contribution in [3.8, 4) is 11.4 Å². The smallest absolute Gasteiger partial charge is 0.153 e. The third kappa shape index (κ3) is 1.67. The number of imidazole rings is 1. The van der Waals surface area contributed by atoms with Crippen molar-refractivity contribution in [3.63, 3.8) is 0 Å². The van der Waals surface area contributed by atoms with E-state index in [4.69, 9.17) is 5.73 Å². The predicted molar refractivity (Wildman–Crippen MR) is 63.7 cm³/mol. The number of aromatic nitrogens is 3. The zero-order chi connectivity index (χ0) is 12.7. The number of nitrogen functional groups attached to an aromatic ring is 1. The van der Waals surface area contributed by atoms with Crippen LogP contribution >= 0.6 is 0 Å². The summed E-state index contributed by atoms with van der Waals surface area (Å²) in [7, 11) is 0. The van der Waals surface area contributed by atoms with E-state index in [0.29, 0.717) is 22.6 Å². The molecule has 2 heterocycles. The van der Waals surface area contributed by atoms with Crippen LogP contribution in [0, 0.1) is 11.6 Å². The minimum atomic E-state index is -0.704. The lowest BCUT2D eigenvalue weighted by molar-refractivity contribution is 0.591. The number of halogens is 2. The summed E-state index contributed by atoms with van der Waals surface area (Å²) in [5.74, 6) is -0.959. The summed E-state index contributed by atoms with van der Waals surface area (Å²) in [6.45, 7) is 0. The fraction of sp³-hybridized carbons (Fsp3) is 0. The van der Waals surface area contributed by atoms with Crippen LogP contribution in [0.4, 0.5) is 14.5 Å². The Hall–Kier alpha value is -2.50. The van der Waals surface area contributed by atoms with Gasteiger partial charge in [-0.1, -0.05) is 0 Å². The van der Waals surface area contributed by atoms with Crippen LogP contribution in [-0.2, 0) is 0 Å². The first-order chi connectivity index (χ1) is 8.63. The van der Waals surface area contributed by atoms with Crippen molar-refractivity contribution in [3.05, 3.63) is 42.2 Å². The maximum atomic E-state index is 13.5. The highest BCUT2D eigenvalue weighted by molar-refractivity contribution is 5.80. The molecule has 3 N–H and O–H groups in total. The standard InChI is InChI=1S/C12H8F2N4/c13-7-2-9(14)11-10(3-7)17-12(18-11)6-1-8(15)5-16-4-6/h1-5H,15H2,(H,17,18). The van der Waals surface area contributed by atoms with Gasteiger partial charge in [0.25, 0.3) is 0 Å². The number of nitrogens with one attached hydrogen (secondary N) is 1. The van der Waals surface area contributed by atoms with Crippen LogP contribution in [0.1, 0.15) is 0 Å². The summed E-state index contributed by atoms with van der Waals surface area (Å²) in [6, 6.07) is 3.64. The molecule has 0 aliphatic rings. The van der Waals surface area contributed by atoms with Crippen molar-refractivity contribution in [1.82, 2.24) is 15.0 Å². The van der Waals surface area contributed by atoms with Gasteiger partial charge in [-0.25, -0.2) is 13.8 Å². The molecule has 3 rings (SSSR count). The first-order valence-electron chi connectivity index (χ1n) is 5.19. The van der Waals surface area contributed by atoms with Gasteiger partial charge in [0.2, 0.25) is 0 Å². The van der Waals surface area contributed by atoms with E-state index in [-0.39, 0.29) is 5.52 Å². The molecular formula is C12H8F2N4. The summed E-state index contributed by atoms with van der Waals surface area (Å²) in [6.07, 6.45) is 3.04. The average molecular weight is 246 g/mol. The van der Waals surface area contributed by atoms with Crippen LogP contribution in [-0.4, -0.2) is 15.0 Å². The van der Waals surface area contributed by atoms with E-state index >= 15 is 0 Å². The summed E-state index contributed by atoms with van der Waals surface area (Å²) < 4.78 is 26.5. The van der Waals surface area contributed by atoms with Gasteiger partial charge < -0.3 is 10.7 Å². The van der Waals surface area contributed by atoms with Crippen LogP contribution in [0.3, 0.4) is 0 Å². The monoisotopic (exact) mass is 246 g/mol. The Kier molecular flexibility index (Phi) is 2.22. The molecular weight excluding hydrogens is 238 g/mol. The molecule has 0 aliphatic heterocycles. The van der Waals surface area contributed by atoms with Gasteiger partial charge in [0.05, 0.1) is 11.2 Å². The molecule has 0 unspecified atom stereocenters. The normalized spacial score (nSPS) is 11.0. The van der Waals surface area contributed by atoms with Gasteiger partial charge in [-0.3, -0.25) is 4.98 Å². The van der Waals surface area contributed by atoms with Gasteiger partial charge in [0.1, 0.15) is 17.2 Å². The molecule has 3 aromatic rings. The molecule has 0 saturated heterocycles. The lowest BCUT2D eigenvalue weighted by Gasteiger charge is -1.96. The minimum absolute atomic E-state index is 0.0915. The first-order valence-corrected chi connectivity index (χ1v) is 5.19. The number of nitrogens with zero attached hydrogens (tertiary/aromatic N) is 2. The summed E-state index contributed by atoms with van der Waals surface area (Å²) in [4.78, 5) is 10.8. The van der Waals surface area contributed by atoms with Gasteiger partial charge >= 0.3 is 0 Å². The molecule has 90 valence electrons. The molecule has 0 fully saturated rings. The maximum Gasteiger partial charge on any atom is 0.153 e. The number of hydrogen-bond donors (Lipinski definition) is 2. The first kappa shape index (κ1) is 10.6. The highest BCUT2D eigenvalue weighted by Crippen LogP contribution is 2.23. The molecule has 0 spiro atoms. The molecule has 0 radical (unpaired) electrons. The molecule has 0 bridgehead atoms.